The molecule has 0 aromatic heterocycles. The van der Waals surface area contributed by atoms with Crippen molar-refractivity contribution in [2.75, 3.05) is 16.8 Å². The molecule has 0 bridgehead atoms. The van der Waals surface area contributed by atoms with Gasteiger partial charge in [0.25, 0.3) is 0 Å². The first kappa shape index (κ1) is 13.2. The third-order valence-corrected chi connectivity index (χ3v) is 4.93. The Morgan fingerprint density at radius 2 is 2.24 bits per heavy atom. The number of hydrogen-bond donors (Lipinski definition) is 1. The van der Waals surface area contributed by atoms with Crippen molar-refractivity contribution in [1.82, 2.24) is 0 Å². The van der Waals surface area contributed by atoms with Crippen LogP contribution in [0.3, 0.4) is 0 Å². The van der Waals surface area contributed by atoms with Crippen LogP contribution >= 0.6 is 27.7 Å². The number of rotatable bonds is 2. The van der Waals surface area contributed by atoms with Gasteiger partial charge in [0, 0.05) is 16.3 Å². The van der Waals surface area contributed by atoms with Crippen molar-refractivity contribution < 1.29 is 4.39 Å². The van der Waals surface area contributed by atoms with Crippen molar-refractivity contribution >= 4 is 33.4 Å². The minimum atomic E-state index is -0.189. The lowest BCUT2D eigenvalue weighted by Gasteiger charge is -2.39. The average Bonchev–Trinajstić information content (AvgIpc) is 2.24. The molecule has 1 aromatic carbocycles. The van der Waals surface area contributed by atoms with E-state index >= 15 is 0 Å². The first-order chi connectivity index (χ1) is 7.99. The van der Waals surface area contributed by atoms with Gasteiger partial charge >= 0.3 is 0 Å². The van der Waals surface area contributed by atoms with Crippen LogP contribution in [-0.2, 0) is 0 Å². The highest BCUT2D eigenvalue weighted by Crippen LogP contribution is 2.36. The maximum Gasteiger partial charge on any atom is 0.147 e. The van der Waals surface area contributed by atoms with Crippen molar-refractivity contribution in [3.63, 3.8) is 0 Å². The predicted octanol–water partition coefficient (Wildman–Crippen LogP) is 4.53. The van der Waals surface area contributed by atoms with E-state index < -0.39 is 0 Å². The van der Waals surface area contributed by atoms with Crippen molar-refractivity contribution in [3.05, 3.63) is 28.5 Å². The predicted molar refractivity (Wildman–Crippen MR) is 77.2 cm³/mol. The lowest BCUT2D eigenvalue weighted by atomic mass is 9.82. The van der Waals surface area contributed by atoms with Gasteiger partial charge in [0.05, 0.1) is 5.69 Å². The van der Waals surface area contributed by atoms with Crippen LogP contribution in [0.5, 0.6) is 0 Å². The zero-order valence-electron chi connectivity index (χ0n) is 10.1. The molecule has 1 aliphatic heterocycles. The quantitative estimate of drug-likeness (QED) is 0.860. The van der Waals surface area contributed by atoms with E-state index in [-0.39, 0.29) is 11.2 Å². The van der Waals surface area contributed by atoms with E-state index in [0.717, 1.165) is 10.2 Å². The molecule has 0 spiro atoms. The second kappa shape index (κ2) is 5.19. The molecule has 0 saturated carbocycles. The smallest absolute Gasteiger partial charge is 0.147 e. The molecule has 0 radical (unpaired) electrons. The van der Waals surface area contributed by atoms with Crippen LogP contribution in [0.2, 0.25) is 0 Å². The maximum atomic E-state index is 13.8. The third kappa shape index (κ3) is 3.16. The highest BCUT2D eigenvalue weighted by Gasteiger charge is 2.32. The summed E-state index contributed by atoms with van der Waals surface area (Å²) in [4.78, 5) is 0. The van der Waals surface area contributed by atoms with Gasteiger partial charge in [0.15, 0.2) is 0 Å². The summed E-state index contributed by atoms with van der Waals surface area (Å²) in [5.74, 6) is 2.06. The number of hydrogen-bond acceptors (Lipinski definition) is 2. The Morgan fingerprint density at radius 3 is 2.88 bits per heavy atom. The number of nitrogens with one attached hydrogen (secondary N) is 1. The van der Waals surface area contributed by atoms with Crippen molar-refractivity contribution in [3.8, 4) is 0 Å². The Kier molecular flexibility index (Phi) is 4.03. The fraction of sp³-hybridized carbons (Fsp3) is 0.538. The Morgan fingerprint density at radius 1 is 1.47 bits per heavy atom. The molecule has 1 heterocycles. The zero-order chi connectivity index (χ0) is 12.5. The molecule has 1 N–H and O–H groups in total. The molecular formula is C13H17BrFNS. The summed E-state index contributed by atoms with van der Waals surface area (Å²) in [6.45, 7) is 4.50. The average molecular weight is 318 g/mol. The number of benzene rings is 1. The molecule has 4 heteroatoms. The summed E-state index contributed by atoms with van der Waals surface area (Å²) in [6, 6.07) is 5.51. The summed E-state index contributed by atoms with van der Waals surface area (Å²) in [7, 11) is 0. The Bertz CT molecular complexity index is 408. The van der Waals surface area contributed by atoms with Crippen LogP contribution in [0.4, 0.5) is 10.1 Å². The Balaban J connectivity index is 2.14. The largest absolute Gasteiger partial charge is 0.379 e. The molecule has 2 rings (SSSR count). The topological polar surface area (TPSA) is 12.0 Å². The molecule has 1 nitrogen and oxygen atoms in total. The van der Waals surface area contributed by atoms with Gasteiger partial charge in [-0.05, 0) is 35.8 Å². The SMILES string of the molecule is CC1(C)CCSCC1Nc1ccc(Br)cc1F. The molecule has 17 heavy (non-hydrogen) atoms. The standard InChI is InChI=1S/C13H17BrFNS/c1-13(2)5-6-17-8-12(13)16-11-4-3-9(14)7-10(11)15/h3-4,7,12,16H,5-6,8H2,1-2H3. The highest BCUT2D eigenvalue weighted by molar-refractivity contribution is 9.10. The van der Waals surface area contributed by atoms with Crippen LogP contribution in [0.1, 0.15) is 20.3 Å². The van der Waals surface area contributed by atoms with E-state index in [1.165, 1.54) is 18.2 Å². The van der Waals surface area contributed by atoms with E-state index in [0.29, 0.717) is 11.7 Å². The van der Waals surface area contributed by atoms with Gasteiger partial charge < -0.3 is 5.32 Å². The lowest BCUT2D eigenvalue weighted by Crippen LogP contribution is -2.41. The summed E-state index contributed by atoms with van der Waals surface area (Å²) in [6.07, 6.45) is 1.17. The molecule has 1 unspecified atom stereocenters. The molecule has 0 aliphatic carbocycles. The van der Waals surface area contributed by atoms with E-state index in [1.807, 2.05) is 17.8 Å². The van der Waals surface area contributed by atoms with Gasteiger partial charge in [-0.2, -0.15) is 11.8 Å². The maximum absolute atomic E-state index is 13.8. The van der Waals surface area contributed by atoms with Gasteiger partial charge in [-0.3, -0.25) is 0 Å². The molecule has 1 fully saturated rings. The molecular weight excluding hydrogens is 301 g/mol. The van der Waals surface area contributed by atoms with E-state index in [1.54, 1.807) is 6.07 Å². The summed E-state index contributed by atoms with van der Waals surface area (Å²) in [5.41, 5.74) is 0.832. The van der Waals surface area contributed by atoms with Gasteiger partial charge in [-0.25, -0.2) is 4.39 Å². The van der Waals surface area contributed by atoms with Gasteiger partial charge in [-0.15, -0.1) is 0 Å². The lowest BCUT2D eigenvalue weighted by molar-refractivity contribution is 0.304. The van der Waals surface area contributed by atoms with Crippen LogP contribution < -0.4 is 5.32 Å². The molecule has 1 aliphatic rings. The third-order valence-electron chi connectivity index (χ3n) is 3.38. The van der Waals surface area contributed by atoms with E-state index in [2.05, 4.69) is 35.1 Å². The fourth-order valence-corrected chi connectivity index (χ4v) is 3.91. The van der Waals surface area contributed by atoms with Crippen molar-refractivity contribution in [2.45, 2.75) is 26.3 Å². The molecule has 94 valence electrons. The number of anilines is 1. The number of thioether (sulfide) groups is 1. The van der Waals surface area contributed by atoms with Gasteiger partial charge in [0.2, 0.25) is 0 Å². The summed E-state index contributed by atoms with van der Waals surface area (Å²) in [5, 5.41) is 3.35. The number of halogens is 2. The fourth-order valence-electron chi connectivity index (χ4n) is 1.97. The zero-order valence-corrected chi connectivity index (χ0v) is 12.5. The van der Waals surface area contributed by atoms with E-state index in [4.69, 9.17) is 0 Å². The Labute approximate surface area is 115 Å². The summed E-state index contributed by atoms with van der Waals surface area (Å²) < 4.78 is 14.5. The highest BCUT2D eigenvalue weighted by atomic mass is 79.9. The Hall–Kier alpha value is -0.220. The van der Waals surface area contributed by atoms with Crippen LogP contribution in [0.15, 0.2) is 22.7 Å². The van der Waals surface area contributed by atoms with Crippen LogP contribution in [-0.4, -0.2) is 17.5 Å². The van der Waals surface area contributed by atoms with Gasteiger partial charge in [-0.1, -0.05) is 29.8 Å². The van der Waals surface area contributed by atoms with Crippen molar-refractivity contribution in [1.29, 1.82) is 0 Å². The monoisotopic (exact) mass is 317 g/mol. The van der Waals surface area contributed by atoms with Gasteiger partial charge in [0.1, 0.15) is 5.82 Å². The van der Waals surface area contributed by atoms with Crippen LogP contribution in [0.25, 0.3) is 0 Å². The summed E-state index contributed by atoms with van der Waals surface area (Å²) >= 11 is 5.21. The first-order valence-corrected chi connectivity index (χ1v) is 7.73. The molecule has 1 saturated heterocycles. The molecule has 0 amide bonds. The molecule has 1 aromatic rings. The second-order valence-corrected chi connectivity index (χ2v) is 7.20. The second-order valence-electron chi connectivity index (χ2n) is 5.13. The normalized spacial score (nSPS) is 23.4. The minimum Gasteiger partial charge on any atom is -0.379 e. The minimum absolute atomic E-state index is 0.189. The molecule has 1 atom stereocenters. The van der Waals surface area contributed by atoms with E-state index in [9.17, 15) is 4.39 Å². The van der Waals surface area contributed by atoms with Crippen molar-refractivity contribution in [2.24, 2.45) is 5.41 Å². The first-order valence-electron chi connectivity index (χ1n) is 5.78. The van der Waals surface area contributed by atoms with Crippen LogP contribution in [0, 0.1) is 11.2 Å².